The average Bonchev–Trinajstić information content (AvgIpc) is 3.38. The topological polar surface area (TPSA) is 79.1 Å². The number of rotatable bonds is 9. The van der Waals surface area contributed by atoms with Crippen molar-refractivity contribution in [2.45, 2.75) is 19.6 Å². The number of hydrogen-bond donors (Lipinski definition) is 0. The molecule has 0 saturated heterocycles. The van der Waals surface area contributed by atoms with Crippen molar-refractivity contribution in [2.24, 2.45) is 4.99 Å². The summed E-state index contributed by atoms with van der Waals surface area (Å²) in [4.78, 5) is 33.3. The molecule has 7 nitrogen and oxygen atoms in total. The van der Waals surface area contributed by atoms with Crippen LogP contribution in [0.1, 0.15) is 35.2 Å². The van der Waals surface area contributed by atoms with Crippen LogP contribution in [0.15, 0.2) is 118 Å². The zero-order valence-electron chi connectivity index (χ0n) is 24.6. The van der Waals surface area contributed by atoms with Crippen LogP contribution in [0.3, 0.4) is 0 Å². The molecule has 0 unspecified atom stereocenters. The molecule has 0 bridgehead atoms. The molecule has 0 aliphatic carbocycles. The Morgan fingerprint density at radius 1 is 0.978 bits per heavy atom. The molecule has 0 radical (unpaired) electrons. The molecule has 1 aliphatic heterocycles. The van der Waals surface area contributed by atoms with Crippen LogP contribution in [0.5, 0.6) is 11.5 Å². The lowest BCUT2D eigenvalue weighted by Crippen LogP contribution is -2.40. The largest absolute Gasteiger partial charge is 0.493 e. The zero-order chi connectivity index (χ0) is 31.3. The minimum Gasteiger partial charge on any atom is -0.493 e. The number of hydrogen-bond acceptors (Lipinski definition) is 7. The van der Waals surface area contributed by atoms with Gasteiger partial charge in [0.05, 0.1) is 35.6 Å². The average molecular weight is 637 g/mol. The maximum Gasteiger partial charge on any atom is 0.338 e. The van der Waals surface area contributed by atoms with Crippen molar-refractivity contribution in [3.05, 3.63) is 156 Å². The van der Waals surface area contributed by atoms with E-state index in [4.69, 9.17) is 30.8 Å². The Labute approximate surface area is 268 Å². The lowest BCUT2D eigenvalue weighted by Gasteiger charge is -2.25. The number of thiazole rings is 1. The maximum atomic E-state index is 14.3. The van der Waals surface area contributed by atoms with E-state index in [-0.39, 0.29) is 18.8 Å². The lowest BCUT2D eigenvalue weighted by molar-refractivity contribution is -0.138. The predicted molar refractivity (Wildman–Crippen MR) is 176 cm³/mol. The number of methoxy groups -OCH3 is 1. The highest BCUT2D eigenvalue weighted by Crippen LogP contribution is 2.36. The zero-order valence-corrected chi connectivity index (χ0v) is 26.2. The number of carbonyl (C=O) groups is 1. The van der Waals surface area contributed by atoms with Crippen LogP contribution in [0.2, 0.25) is 5.02 Å². The molecule has 5 aromatic rings. The molecule has 0 amide bonds. The van der Waals surface area contributed by atoms with Gasteiger partial charge in [-0.25, -0.2) is 9.79 Å². The fourth-order valence-electron chi connectivity index (χ4n) is 5.28. The number of carbonyl (C=O) groups excluding carboxylic acids is 1. The minimum absolute atomic E-state index is 0.185. The summed E-state index contributed by atoms with van der Waals surface area (Å²) < 4.78 is 19.4. The first-order valence-electron chi connectivity index (χ1n) is 14.4. The van der Waals surface area contributed by atoms with Crippen molar-refractivity contribution >= 4 is 40.7 Å². The fraction of sp³-hybridized carbons (Fsp3) is 0.139. The Morgan fingerprint density at radius 2 is 1.71 bits per heavy atom. The summed E-state index contributed by atoms with van der Waals surface area (Å²) in [7, 11) is 1.57. The third-order valence-corrected chi connectivity index (χ3v) is 8.50. The Morgan fingerprint density at radius 3 is 2.42 bits per heavy atom. The number of fused-ring (bicyclic) bond motifs is 1. The van der Waals surface area contributed by atoms with E-state index in [1.54, 1.807) is 36.8 Å². The number of aromatic nitrogens is 1. The van der Waals surface area contributed by atoms with Gasteiger partial charge in [0.15, 0.2) is 16.3 Å². The van der Waals surface area contributed by atoms with Crippen LogP contribution in [-0.2, 0) is 16.1 Å². The van der Waals surface area contributed by atoms with E-state index in [9.17, 15) is 9.59 Å². The number of esters is 1. The summed E-state index contributed by atoms with van der Waals surface area (Å²) in [6.45, 7) is 2.19. The van der Waals surface area contributed by atoms with Gasteiger partial charge >= 0.3 is 5.97 Å². The molecule has 226 valence electrons. The summed E-state index contributed by atoms with van der Waals surface area (Å²) in [6, 6.07) is 31.1. The molecule has 6 rings (SSSR count). The Kier molecular flexibility index (Phi) is 8.96. The van der Waals surface area contributed by atoms with E-state index in [1.807, 2.05) is 91.0 Å². The van der Waals surface area contributed by atoms with Gasteiger partial charge in [-0.2, -0.15) is 0 Å². The minimum atomic E-state index is -0.747. The first kappa shape index (κ1) is 30.1. The second kappa shape index (κ2) is 13.4. The first-order valence-corrected chi connectivity index (χ1v) is 15.6. The van der Waals surface area contributed by atoms with Crippen molar-refractivity contribution in [3.63, 3.8) is 0 Å². The van der Waals surface area contributed by atoms with Crippen molar-refractivity contribution in [2.75, 3.05) is 13.7 Å². The van der Waals surface area contributed by atoms with Gasteiger partial charge in [-0.15, -0.1) is 0 Å². The van der Waals surface area contributed by atoms with Crippen LogP contribution in [0, 0.1) is 0 Å². The van der Waals surface area contributed by atoms with Crippen molar-refractivity contribution in [3.8, 4) is 11.5 Å². The van der Waals surface area contributed by atoms with Crippen LogP contribution < -0.4 is 24.4 Å². The lowest BCUT2D eigenvalue weighted by atomic mass is 9.93. The fourth-order valence-corrected chi connectivity index (χ4v) is 6.48. The quantitative estimate of drug-likeness (QED) is 0.181. The molecule has 1 aliphatic rings. The molecule has 0 N–H and O–H groups in total. The normalized spacial score (nSPS) is 14.5. The summed E-state index contributed by atoms with van der Waals surface area (Å²) in [5.41, 5.74) is 3.56. The van der Waals surface area contributed by atoms with Gasteiger partial charge < -0.3 is 14.2 Å². The molecule has 9 heteroatoms. The first-order chi connectivity index (χ1) is 22.0. The number of para-hydroxylation sites is 1. The summed E-state index contributed by atoms with van der Waals surface area (Å²) in [6.07, 6.45) is 1.78. The summed E-state index contributed by atoms with van der Waals surface area (Å²) >= 11 is 7.43. The van der Waals surface area contributed by atoms with E-state index < -0.39 is 12.0 Å². The second-order valence-corrected chi connectivity index (χ2v) is 11.6. The van der Waals surface area contributed by atoms with Gasteiger partial charge in [0, 0.05) is 16.1 Å². The molecule has 1 atom stereocenters. The molecule has 45 heavy (non-hydrogen) atoms. The Bertz CT molecular complexity index is 2070. The number of ether oxygens (including phenoxy) is 3. The highest BCUT2D eigenvalue weighted by Gasteiger charge is 2.35. The highest BCUT2D eigenvalue weighted by molar-refractivity contribution is 7.07. The van der Waals surface area contributed by atoms with E-state index in [0.717, 1.165) is 16.7 Å². The highest BCUT2D eigenvalue weighted by atomic mass is 35.5. The van der Waals surface area contributed by atoms with Crippen LogP contribution in [0.25, 0.3) is 11.8 Å². The van der Waals surface area contributed by atoms with E-state index in [0.29, 0.717) is 42.7 Å². The van der Waals surface area contributed by atoms with Gasteiger partial charge in [0.1, 0.15) is 6.61 Å². The van der Waals surface area contributed by atoms with Crippen LogP contribution in [-0.4, -0.2) is 24.3 Å². The van der Waals surface area contributed by atoms with E-state index >= 15 is 0 Å². The smallest absolute Gasteiger partial charge is 0.338 e. The van der Waals surface area contributed by atoms with Crippen molar-refractivity contribution in [1.82, 2.24) is 4.57 Å². The third-order valence-electron chi connectivity index (χ3n) is 7.28. The van der Waals surface area contributed by atoms with Crippen LogP contribution in [0.4, 0.5) is 0 Å². The van der Waals surface area contributed by atoms with Gasteiger partial charge in [0.2, 0.25) is 0 Å². The Hall–Kier alpha value is -4.92. The summed E-state index contributed by atoms with van der Waals surface area (Å²) in [5.74, 6) is 0.493. The number of nitrogens with zero attached hydrogens (tertiary/aromatic N) is 2. The van der Waals surface area contributed by atoms with E-state index in [1.165, 1.54) is 11.3 Å². The van der Waals surface area contributed by atoms with Gasteiger partial charge in [0.25, 0.3) is 5.56 Å². The van der Waals surface area contributed by atoms with Gasteiger partial charge in [-0.3, -0.25) is 9.36 Å². The molecule has 0 spiro atoms. The molecule has 2 heterocycles. The molecular formula is C36H29ClN2O5S. The molecule has 4 aromatic carbocycles. The number of benzene rings is 4. The second-order valence-electron chi connectivity index (χ2n) is 10.1. The van der Waals surface area contributed by atoms with Crippen molar-refractivity contribution < 1.29 is 19.0 Å². The standard InChI is InChI=1S/C36H29ClN2O5S/c1-3-43-35(41)30-31(24-13-6-4-7-14-24)38-36-39(32(30)25-15-8-5-9-16-25)34(40)29(45-36)21-26-17-11-19-28(42-2)33(26)44-22-23-12-10-18-27(37)20-23/h4-21,32H,3,22H2,1-2H3/b29-21-/t32-/m0/s1. The van der Waals surface area contributed by atoms with Gasteiger partial charge in [-0.05, 0) is 42.3 Å². The molecule has 0 saturated carbocycles. The maximum absolute atomic E-state index is 14.3. The van der Waals surface area contributed by atoms with Crippen molar-refractivity contribution in [1.29, 1.82) is 0 Å². The Balaban J connectivity index is 1.54. The van der Waals surface area contributed by atoms with E-state index in [2.05, 4.69) is 0 Å². The molecule has 1 aromatic heterocycles. The SMILES string of the molecule is CCOC(=O)C1=C(c2ccccc2)N=c2s/c(=C\c3cccc(OC)c3OCc3cccc(Cl)c3)c(=O)n2[C@H]1c1ccccc1. The monoisotopic (exact) mass is 636 g/mol. The summed E-state index contributed by atoms with van der Waals surface area (Å²) in [5, 5.41) is 0.613. The number of halogens is 1. The van der Waals surface area contributed by atoms with Gasteiger partial charge in [-0.1, -0.05) is 108 Å². The molecule has 0 fully saturated rings. The third kappa shape index (κ3) is 6.20. The van der Waals surface area contributed by atoms with Crippen LogP contribution >= 0.6 is 22.9 Å². The molecular weight excluding hydrogens is 608 g/mol. The predicted octanol–water partition coefficient (Wildman–Crippen LogP) is 6.18.